The summed E-state index contributed by atoms with van der Waals surface area (Å²) in [7, 11) is 1.25. The summed E-state index contributed by atoms with van der Waals surface area (Å²) in [6.07, 6.45) is 0. The van der Waals surface area contributed by atoms with Gasteiger partial charge in [0.25, 0.3) is 0 Å². The molecular weight excluding hydrogens is 226 g/mol. The number of rotatable bonds is 4. The molecule has 0 aromatic heterocycles. The highest BCUT2D eigenvalue weighted by atomic mass is 32.2. The van der Waals surface area contributed by atoms with Crippen LogP contribution in [-0.2, 0) is 9.53 Å². The fourth-order valence-corrected chi connectivity index (χ4v) is 2.07. The zero-order valence-corrected chi connectivity index (χ0v) is 10.1. The van der Waals surface area contributed by atoms with Crippen LogP contribution in [0.5, 0.6) is 0 Å². The van der Waals surface area contributed by atoms with Gasteiger partial charge in [-0.2, -0.15) is 0 Å². The van der Waals surface area contributed by atoms with Crippen molar-refractivity contribution >= 4 is 23.4 Å². The first-order valence-corrected chi connectivity index (χ1v) is 5.74. The Morgan fingerprint density at radius 3 is 2.75 bits per heavy atom. The van der Waals surface area contributed by atoms with Gasteiger partial charge in [0.2, 0.25) is 0 Å². The summed E-state index contributed by atoms with van der Waals surface area (Å²) in [5.74, 6) is -0.442. The molecule has 1 rings (SSSR count). The first-order valence-electron chi connectivity index (χ1n) is 4.75. The van der Waals surface area contributed by atoms with Crippen molar-refractivity contribution in [1.29, 1.82) is 0 Å². The van der Waals surface area contributed by atoms with E-state index in [-0.39, 0.29) is 5.75 Å². The Hall–Kier alpha value is -1.20. The Morgan fingerprint density at radius 1 is 1.56 bits per heavy atom. The first kappa shape index (κ1) is 12.9. The minimum atomic E-state index is -1.50. The lowest BCUT2D eigenvalue weighted by atomic mass is 10.1. The van der Waals surface area contributed by atoms with Gasteiger partial charge in [-0.25, -0.2) is 4.79 Å². The van der Waals surface area contributed by atoms with Crippen molar-refractivity contribution in [3.8, 4) is 0 Å². The van der Waals surface area contributed by atoms with Gasteiger partial charge in [0.05, 0.1) is 7.11 Å². The van der Waals surface area contributed by atoms with Crippen molar-refractivity contribution < 1.29 is 14.6 Å². The molecule has 1 atom stereocenters. The maximum atomic E-state index is 11.2. The summed E-state index contributed by atoms with van der Waals surface area (Å²) in [5.41, 5.74) is 4.87. The van der Waals surface area contributed by atoms with E-state index in [1.165, 1.54) is 25.8 Å². The molecule has 0 fully saturated rings. The van der Waals surface area contributed by atoms with E-state index in [0.717, 1.165) is 4.90 Å². The molecule has 0 saturated carbocycles. The topological polar surface area (TPSA) is 72.5 Å². The largest absolute Gasteiger partial charge is 0.467 e. The van der Waals surface area contributed by atoms with Crippen LogP contribution in [0.3, 0.4) is 0 Å². The number of ether oxygens (including phenoxy) is 1. The summed E-state index contributed by atoms with van der Waals surface area (Å²) in [5, 5.41) is 9.80. The number of para-hydroxylation sites is 1. The van der Waals surface area contributed by atoms with E-state index >= 15 is 0 Å². The molecule has 0 amide bonds. The molecule has 3 N–H and O–H groups in total. The van der Waals surface area contributed by atoms with E-state index < -0.39 is 11.6 Å². The van der Waals surface area contributed by atoms with Gasteiger partial charge in [-0.15, -0.1) is 11.8 Å². The number of anilines is 1. The Balaban J connectivity index is 2.65. The van der Waals surface area contributed by atoms with E-state index in [0.29, 0.717) is 5.69 Å². The van der Waals surface area contributed by atoms with E-state index in [9.17, 15) is 9.90 Å². The molecule has 5 heteroatoms. The third-order valence-corrected chi connectivity index (χ3v) is 3.44. The predicted molar refractivity (Wildman–Crippen MR) is 64.2 cm³/mol. The van der Waals surface area contributed by atoms with Gasteiger partial charge in [0, 0.05) is 16.3 Å². The number of nitrogens with two attached hydrogens (primary N) is 1. The van der Waals surface area contributed by atoms with Crippen LogP contribution >= 0.6 is 11.8 Å². The smallest absolute Gasteiger partial charge is 0.338 e. The van der Waals surface area contributed by atoms with Crippen LogP contribution in [-0.4, -0.2) is 29.5 Å². The molecule has 88 valence electrons. The van der Waals surface area contributed by atoms with Crippen LogP contribution in [0.1, 0.15) is 6.92 Å². The molecular formula is C11H15NO3S. The maximum Gasteiger partial charge on any atom is 0.338 e. The molecule has 1 aromatic carbocycles. The fraction of sp³-hybridized carbons (Fsp3) is 0.364. The molecule has 0 heterocycles. The number of esters is 1. The second-order valence-corrected chi connectivity index (χ2v) is 4.61. The van der Waals surface area contributed by atoms with Crippen LogP contribution in [0.25, 0.3) is 0 Å². The number of aliphatic hydroxyl groups is 1. The Morgan fingerprint density at radius 2 is 2.19 bits per heavy atom. The third kappa shape index (κ3) is 3.15. The van der Waals surface area contributed by atoms with E-state index in [1.807, 2.05) is 18.2 Å². The number of thioether (sulfide) groups is 1. The van der Waals surface area contributed by atoms with Crippen molar-refractivity contribution in [2.24, 2.45) is 0 Å². The highest BCUT2D eigenvalue weighted by Crippen LogP contribution is 2.27. The van der Waals surface area contributed by atoms with E-state index in [1.54, 1.807) is 6.07 Å². The monoisotopic (exact) mass is 241 g/mol. The van der Waals surface area contributed by atoms with Crippen LogP contribution < -0.4 is 5.73 Å². The second-order valence-electron chi connectivity index (χ2n) is 3.59. The average Bonchev–Trinajstić information content (AvgIpc) is 2.27. The predicted octanol–water partition coefficient (Wildman–Crippen LogP) is 1.28. The Kier molecular flexibility index (Phi) is 4.20. The number of carbonyl (C=O) groups is 1. The summed E-state index contributed by atoms with van der Waals surface area (Å²) in [4.78, 5) is 12.1. The maximum absolute atomic E-state index is 11.2. The number of hydrogen-bond acceptors (Lipinski definition) is 5. The minimum absolute atomic E-state index is 0.202. The lowest BCUT2D eigenvalue weighted by molar-refractivity contribution is -0.158. The Bertz CT molecular complexity index is 379. The van der Waals surface area contributed by atoms with Gasteiger partial charge in [-0.05, 0) is 19.1 Å². The quantitative estimate of drug-likeness (QED) is 0.472. The minimum Gasteiger partial charge on any atom is -0.467 e. The highest BCUT2D eigenvalue weighted by molar-refractivity contribution is 7.99. The molecule has 16 heavy (non-hydrogen) atoms. The van der Waals surface area contributed by atoms with Crippen molar-refractivity contribution in [3.05, 3.63) is 24.3 Å². The highest BCUT2D eigenvalue weighted by Gasteiger charge is 2.31. The summed E-state index contributed by atoms with van der Waals surface area (Å²) < 4.78 is 4.50. The molecule has 0 aliphatic carbocycles. The summed E-state index contributed by atoms with van der Waals surface area (Å²) in [6, 6.07) is 7.30. The van der Waals surface area contributed by atoms with Crippen molar-refractivity contribution in [2.45, 2.75) is 17.4 Å². The van der Waals surface area contributed by atoms with Gasteiger partial charge >= 0.3 is 5.97 Å². The molecule has 0 saturated heterocycles. The number of nitrogen functional groups attached to an aromatic ring is 1. The SMILES string of the molecule is COC(=O)C(C)(O)CSc1ccccc1N. The number of benzene rings is 1. The molecule has 0 spiro atoms. The lowest BCUT2D eigenvalue weighted by Crippen LogP contribution is -2.38. The van der Waals surface area contributed by atoms with Crippen molar-refractivity contribution in [2.75, 3.05) is 18.6 Å². The molecule has 0 aliphatic rings. The first-order chi connectivity index (χ1) is 7.47. The zero-order chi connectivity index (χ0) is 12.2. The van der Waals surface area contributed by atoms with Gasteiger partial charge in [-0.3, -0.25) is 0 Å². The van der Waals surface area contributed by atoms with E-state index in [4.69, 9.17) is 5.73 Å². The normalized spacial score (nSPS) is 14.2. The number of carbonyl (C=O) groups excluding carboxylic acids is 1. The van der Waals surface area contributed by atoms with Gasteiger partial charge in [-0.1, -0.05) is 12.1 Å². The fourth-order valence-electron chi connectivity index (χ4n) is 1.11. The molecule has 0 bridgehead atoms. The number of hydrogen-bond donors (Lipinski definition) is 2. The van der Waals surface area contributed by atoms with Crippen LogP contribution in [0, 0.1) is 0 Å². The van der Waals surface area contributed by atoms with Crippen molar-refractivity contribution in [3.63, 3.8) is 0 Å². The van der Waals surface area contributed by atoms with Crippen LogP contribution in [0.15, 0.2) is 29.2 Å². The molecule has 0 radical (unpaired) electrons. The molecule has 4 nitrogen and oxygen atoms in total. The van der Waals surface area contributed by atoms with Gasteiger partial charge in [0.15, 0.2) is 5.60 Å². The Labute approximate surface area is 98.8 Å². The standard InChI is InChI=1S/C11H15NO3S/c1-11(14,10(13)15-2)7-16-9-6-4-3-5-8(9)12/h3-6,14H,7,12H2,1-2H3. The van der Waals surface area contributed by atoms with Gasteiger partial charge < -0.3 is 15.6 Å². The van der Waals surface area contributed by atoms with Crippen molar-refractivity contribution in [1.82, 2.24) is 0 Å². The number of methoxy groups -OCH3 is 1. The second kappa shape index (κ2) is 5.23. The van der Waals surface area contributed by atoms with Crippen LogP contribution in [0.4, 0.5) is 5.69 Å². The molecule has 1 aromatic rings. The summed E-state index contributed by atoms with van der Waals surface area (Å²) in [6.45, 7) is 1.42. The zero-order valence-electron chi connectivity index (χ0n) is 9.27. The third-order valence-electron chi connectivity index (χ3n) is 2.05. The van der Waals surface area contributed by atoms with E-state index in [2.05, 4.69) is 4.74 Å². The lowest BCUT2D eigenvalue weighted by Gasteiger charge is -2.19. The van der Waals surface area contributed by atoms with Gasteiger partial charge in [0.1, 0.15) is 0 Å². The van der Waals surface area contributed by atoms with Crippen LogP contribution in [0.2, 0.25) is 0 Å². The molecule has 1 unspecified atom stereocenters. The molecule has 0 aliphatic heterocycles. The summed E-state index contributed by atoms with van der Waals surface area (Å²) >= 11 is 1.32. The average molecular weight is 241 g/mol.